The summed E-state index contributed by atoms with van der Waals surface area (Å²) in [5.74, 6) is 0.329. The van der Waals surface area contributed by atoms with Crippen LogP contribution < -0.4 is 15.1 Å². The molecule has 30 heavy (non-hydrogen) atoms. The quantitative estimate of drug-likeness (QED) is 0.615. The highest BCUT2D eigenvalue weighted by atomic mass is 16.3. The predicted molar refractivity (Wildman–Crippen MR) is 121 cm³/mol. The first kappa shape index (κ1) is 20.0. The van der Waals surface area contributed by atoms with Gasteiger partial charge < -0.3 is 20.2 Å². The molecule has 4 rings (SSSR count). The summed E-state index contributed by atoms with van der Waals surface area (Å²) in [5, 5.41) is 12.6. The molecule has 0 bridgehead atoms. The van der Waals surface area contributed by atoms with Crippen LogP contribution in [0.25, 0.3) is 11.1 Å². The van der Waals surface area contributed by atoms with Gasteiger partial charge in [0.05, 0.1) is 26.2 Å². The zero-order valence-electron chi connectivity index (χ0n) is 17.2. The van der Waals surface area contributed by atoms with Gasteiger partial charge >= 0.3 is 0 Å². The maximum Gasteiger partial charge on any atom is 0.282 e. The molecule has 1 aliphatic rings. The van der Waals surface area contributed by atoms with E-state index in [0.717, 1.165) is 48.7 Å². The Morgan fingerprint density at radius 3 is 2.27 bits per heavy atom. The van der Waals surface area contributed by atoms with Crippen LogP contribution in [0.15, 0.2) is 78.9 Å². The molecule has 3 N–H and O–H groups in total. The summed E-state index contributed by atoms with van der Waals surface area (Å²) in [6.07, 6.45) is 0. The first-order chi connectivity index (χ1) is 14.6. The van der Waals surface area contributed by atoms with E-state index in [0.29, 0.717) is 0 Å². The van der Waals surface area contributed by atoms with E-state index in [2.05, 4.69) is 22.3 Å². The first-order valence-corrected chi connectivity index (χ1v) is 10.5. The van der Waals surface area contributed by atoms with Crippen molar-refractivity contribution in [3.05, 3.63) is 78.9 Å². The number of benzene rings is 3. The van der Waals surface area contributed by atoms with Crippen molar-refractivity contribution in [2.75, 3.05) is 36.4 Å². The lowest BCUT2D eigenvalue weighted by atomic mass is 10.0. The van der Waals surface area contributed by atoms with Crippen molar-refractivity contribution in [1.29, 1.82) is 0 Å². The monoisotopic (exact) mass is 402 g/mol. The summed E-state index contributed by atoms with van der Waals surface area (Å²) < 4.78 is 0. The fourth-order valence-corrected chi connectivity index (χ4v) is 4.04. The average molecular weight is 403 g/mol. The van der Waals surface area contributed by atoms with Crippen LogP contribution in [0.5, 0.6) is 5.75 Å². The molecular formula is C25H28N3O2+. The molecule has 5 nitrogen and oxygen atoms in total. The molecule has 0 saturated carbocycles. The smallest absolute Gasteiger partial charge is 0.282 e. The fourth-order valence-electron chi connectivity index (χ4n) is 4.04. The number of amides is 1. The standard InChI is InChI=1S/C25H27N3O2/c1-19(27-15-17-28(18-16-27)21-11-13-22(29)14-12-21)25(30)26-24-10-6-5-9-23(24)20-7-3-2-4-8-20/h2-14,19,29H,15-18H2,1H3,(H,26,30)/p+1/t19-/m1/s1. The summed E-state index contributed by atoms with van der Waals surface area (Å²) in [5.41, 5.74) is 4.09. The largest absolute Gasteiger partial charge is 0.508 e. The molecule has 1 fully saturated rings. The number of nitrogens with zero attached hydrogens (tertiary/aromatic N) is 1. The van der Waals surface area contributed by atoms with Crippen LogP contribution in [0.3, 0.4) is 0 Å². The Hall–Kier alpha value is -3.31. The summed E-state index contributed by atoms with van der Waals surface area (Å²) in [4.78, 5) is 16.6. The number of carbonyl (C=O) groups is 1. The average Bonchev–Trinajstić information content (AvgIpc) is 2.80. The molecule has 0 aliphatic carbocycles. The Morgan fingerprint density at radius 1 is 0.933 bits per heavy atom. The van der Waals surface area contributed by atoms with Crippen molar-refractivity contribution < 1.29 is 14.8 Å². The molecule has 3 aromatic rings. The Labute approximate surface area is 177 Å². The number of hydrogen-bond acceptors (Lipinski definition) is 3. The molecule has 0 radical (unpaired) electrons. The topological polar surface area (TPSA) is 57.0 Å². The SMILES string of the molecule is C[C@H](C(=O)Nc1ccccc1-c1ccccc1)[NH+]1CCN(c2ccc(O)cc2)CC1. The van der Waals surface area contributed by atoms with E-state index < -0.39 is 0 Å². The normalized spacial score (nSPS) is 15.6. The third-order valence-electron chi connectivity index (χ3n) is 5.90. The van der Waals surface area contributed by atoms with E-state index in [1.165, 1.54) is 4.90 Å². The van der Waals surface area contributed by atoms with Crippen molar-refractivity contribution in [3.8, 4) is 16.9 Å². The zero-order chi connectivity index (χ0) is 20.9. The Kier molecular flexibility index (Phi) is 6.00. The third-order valence-corrected chi connectivity index (χ3v) is 5.90. The molecule has 0 aromatic heterocycles. The van der Waals surface area contributed by atoms with Gasteiger partial charge in [0.1, 0.15) is 5.75 Å². The van der Waals surface area contributed by atoms with Gasteiger partial charge in [0.25, 0.3) is 5.91 Å². The molecule has 5 heteroatoms. The Balaban J connectivity index is 1.39. The zero-order valence-corrected chi connectivity index (χ0v) is 17.2. The van der Waals surface area contributed by atoms with E-state index in [4.69, 9.17) is 0 Å². The third kappa shape index (κ3) is 4.47. The number of anilines is 2. The van der Waals surface area contributed by atoms with Crippen molar-refractivity contribution in [2.45, 2.75) is 13.0 Å². The second kappa shape index (κ2) is 9.01. The van der Waals surface area contributed by atoms with Gasteiger partial charge in [-0.25, -0.2) is 0 Å². The van der Waals surface area contributed by atoms with Crippen LogP contribution in [0.1, 0.15) is 6.92 Å². The van der Waals surface area contributed by atoms with Crippen LogP contribution in [0.2, 0.25) is 0 Å². The maximum atomic E-state index is 13.0. The number of carbonyl (C=O) groups excluding carboxylic acids is 1. The van der Waals surface area contributed by atoms with E-state index in [-0.39, 0.29) is 17.7 Å². The van der Waals surface area contributed by atoms with Gasteiger partial charge in [-0.1, -0.05) is 48.5 Å². The van der Waals surface area contributed by atoms with E-state index in [1.807, 2.05) is 61.5 Å². The molecule has 0 unspecified atom stereocenters. The van der Waals surface area contributed by atoms with Gasteiger partial charge in [-0.2, -0.15) is 0 Å². The van der Waals surface area contributed by atoms with Crippen molar-refractivity contribution in [3.63, 3.8) is 0 Å². The molecule has 1 amide bonds. The Bertz CT molecular complexity index is 981. The van der Waals surface area contributed by atoms with E-state index in [9.17, 15) is 9.90 Å². The van der Waals surface area contributed by atoms with E-state index in [1.54, 1.807) is 12.1 Å². The lowest BCUT2D eigenvalue weighted by Crippen LogP contribution is -3.19. The minimum atomic E-state index is -0.129. The van der Waals surface area contributed by atoms with Crippen molar-refractivity contribution in [2.24, 2.45) is 0 Å². The molecule has 1 atom stereocenters. The highest BCUT2D eigenvalue weighted by Gasteiger charge is 2.29. The predicted octanol–water partition coefficient (Wildman–Crippen LogP) is 2.79. The van der Waals surface area contributed by atoms with Crippen LogP contribution in [-0.2, 0) is 4.79 Å². The molecule has 1 aliphatic heterocycles. The summed E-state index contributed by atoms with van der Waals surface area (Å²) in [6, 6.07) is 25.3. The van der Waals surface area contributed by atoms with Gasteiger partial charge in [-0.15, -0.1) is 0 Å². The fraction of sp³-hybridized carbons (Fsp3) is 0.240. The van der Waals surface area contributed by atoms with Gasteiger partial charge in [-0.3, -0.25) is 4.79 Å². The molecule has 154 valence electrons. The van der Waals surface area contributed by atoms with Gasteiger partial charge in [0, 0.05) is 16.9 Å². The van der Waals surface area contributed by atoms with Crippen LogP contribution in [-0.4, -0.2) is 43.2 Å². The Morgan fingerprint density at radius 2 is 1.57 bits per heavy atom. The minimum absolute atomic E-state index is 0.0477. The molecule has 0 spiro atoms. The lowest BCUT2D eigenvalue weighted by Gasteiger charge is -2.36. The second-order valence-electron chi connectivity index (χ2n) is 7.78. The first-order valence-electron chi connectivity index (χ1n) is 10.5. The summed E-state index contributed by atoms with van der Waals surface area (Å²) >= 11 is 0. The van der Waals surface area contributed by atoms with Gasteiger partial charge in [0.2, 0.25) is 0 Å². The minimum Gasteiger partial charge on any atom is -0.508 e. The highest BCUT2D eigenvalue weighted by molar-refractivity contribution is 5.97. The lowest BCUT2D eigenvalue weighted by molar-refractivity contribution is -0.914. The van der Waals surface area contributed by atoms with E-state index >= 15 is 0 Å². The number of para-hydroxylation sites is 1. The summed E-state index contributed by atoms with van der Waals surface area (Å²) in [6.45, 7) is 5.58. The number of piperazine rings is 1. The number of rotatable bonds is 5. The molecule has 1 saturated heterocycles. The van der Waals surface area contributed by atoms with Gasteiger partial charge in [-0.05, 0) is 42.8 Å². The van der Waals surface area contributed by atoms with Crippen LogP contribution in [0, 0.1) is 0 Å². The molecule has 1 heterocycles. The molecular weight excluding hydrogens is 374 g/mol. The number of hydrogen-bond donors (Lipinski definition) is 3. The second-order valence-corrected chi connectivity index (χ2v) is 7.78. The van der Waals surface area contributed by atoms with Gasteiger partial charge in [0.15, 0.2) is 6.04 Å². The van der Waals surface area contributed by atoms with Crippen LogP contribution >= 0.6 is 0 Å². The highest BCUT2D eigenvalue weighted by Crippen LogP contribution is 2.27. The number of phenols is 1. The number of aromatic hydroxyl groups is 1. The maximum absolute atomic E-state index is 13.0. The summed E-state index contributed by atoms with van der Waals surface area (Å²) in [7, 11) is 0. The number of quaternary nitrogens is 1. The van der Waals surface area contributed by atoms with Crippen molar-refractivity contribution >= 4 is 17.3 Å². The number of nitrogens with one attached hydrogen (secondary N) is 2. The van der Waals surface area contributed by atoms with Crippen molar-refractivity contribution in [1.82, 2.24) is 0 Å². The number of phenolic OH excluding ortho intramolecular Hbond substituents is 1. The van der Waals surface area contributed by atoms with Crippen LogP contribution in [0.4, 0.5) is 11.4 Å². The molecule has 3 aromatic carbocycles.